The van der Waals surface area contributed by atoms with Crippen molar-refractivity contribution in [1.29, 1.82) is 0 Å². The molecule has 0 fully saturated rings. The number of aryl methyl sites for hydroxylation is 2. The van der Waals surface area contributed by atoms with E-state index in [2.05, 4.69) is 118 Å². The lowest BCUT2D eigenvalue weighted by molar-refractivity contribution is 0.480. The second kappa shape index (κ2) is 11.0. The van der Waals surface area contributed by atoms with Crippen LogP contribution >= 0.6 is 0 Å². The highest BCUT2D eigenvalue weighted by atomic mass is 16.5. The van der Waals surface area contributed by atoms with Crippen LogP contribution in [-0.4, -0.2) is 19.7 Å². The molecule has 6 aromatic rings. The highest BCUT2D eigenvalue weighted by molar-refractivity contribution is 5.87. The van der Waals surface area contributed by atoms with Gasteiger partial charge in [-0.2, -0.15) is 5.10 Å². The number of nitrogens with zero attached hydrogens (tertiary/aromatic N) is 4. The maximum Gasteiger partial charge on any atom is 0.148 e. The minimum atomic E-state index is -0.630. The molecule has 4 aromatic carbocycles. The van der Waals surface area contributed by atoms with E-state index in [-0.39, 0.29) is 10.8 Å². The number of hydrogen-bond donors (Lipinski definition) is 0. The molecule has 0 aliphatic heterocycles. The van der Waals surface area contributed by atoms with Gasteiger partial charge >= 0.3 is 0 Å². The lowest BCUT2D eigenvalue weighted by Crippen LogP contribution is -2.30. The van der Waals surface area contributed by atoms with Crippen LogP contribution in [0.2, 0.25) is 0 Å². The number of rotatable bonds is 5. The van der Waals surface area contributed by atoms with E-state index in [0.29, 0.717) is 0 Å². The Labute approximate surface area is 278 Å². The molecule has 236 valence electrons. The second-order valence-corrected chi connectivity index (χ2v) is 14.7. The van der Waals surface area contributed by atoms with Crippen molar-refractivity contribution in [1.82, 2.24) is 19.7 Å². The molecule has 0 radical (unpaired) electrons. The number of ether oxygens (including phenoxy) is 1. The molecular formula is C42H42N4O. The highest BCUT2D eigenvalue weighted by Crippen LogP contribution is 2.57. The molecule has 5 heteroatoms. The summed E-state index contributed by atoms with van der Waals surface area (Å²) in [5.74, 6) is 3.06. The Kier molecular flexibility index (Phi) is 7.20. The molecule has 0 amide bonds. The molecule has 0 atom stereocenters. The van der Waals surface area contributed by atoms with Gasteiger partial charge in [-0.05, 0) is 100 Å². The van der Waals surface area contributed by atoms with E-state index in [0.717, 1.165) is 40.1 Å². The van der Waals surface area contributed by atoms with E-state index in [1.54, 1.807) is 0 Å². The van der Waals surface area contributed by atoms with Gasteiger partial charge in [-0.1, -0.05) is 102 Å². The average molecular weight is 619 g/mol. The molecular weight excluding hydrogens is 576 g/mol. The van der Waals surface area contributed by atoms with Crippen molar-refractivity contribution in [3.8, 4) is 28.3 Å². The van der Waals surface area contributed by atoms with Crippen LogP contribution in [-0.2, 0) is 16.2 Å². The molecule has 2 aromatic heterocycles. The lowest BCUT2D eigenvalue weighted by atomic mass is 9.69. The monoisotopic (exact) mass is 618 g/mol. The molecule has 5 nitrogen and oxygen atoms in total. The third-order valence-electron chi connectivity index (χ3n) is 9.36. The van der Waals surface area contributed by atoms with E-state index < -0.39 is 5.41 Å². The zero-order valence-corrected chi connectivity index (χ0v) is 28.6. The topological polar surface area (TPSA) is 52.8 Å². The van der Waals surface area contributed by atoms with Crippen LogP contribution in [0, 0.1) is 13.8 Å². The lowest BCUT2D eigenvalue weighted by Gasteiger charge is -2.33. The number of pyridine rings is 1. The number of fused-ring (bicyclic) bond motifs is 3. The largest absolute Gasteiger partial charge is 0.457 e. The second-order valence-electron chi connectivity index (χ2n) is 14.7. The molecule has 0 N–H and O–H groups in total. The van der Waals surface area contributed by atoms with E-state index in [9.17, 15) is 0 Å². The SMILES string of the molecule is Cc1nc(C)n(-c2cccc(Oc3cccc(C4(c5ccccn5)c5ccc(C(C)(C)C)cc5-c5cc(C(C)(C)C)ccc54)c3)c2)n1. The summed E-state index contributed by atoms with van der Waals surface area (Å²) in [6.45, 7) is 17.5. The van der Waals surface area contributed by atoms with E-state index in [1.807, 2.05) is 61.1 Å². The van der Waals surface area contributed by atoms with Crippen LogP contribution in [0.15, 0.2) is 109 Å². The predicted octanol–water partition coefficient (Wildman–Crippen LogP) is 10.0. The van der Waals surface area contributed by atoms with E-state index >= 15 is 0 Å². The Morgan fingerprint density at radius 3 is 1.81 bits per heavy atom. The van der Waals surface area contributed by atoms with Crippen molar-refractivity contribution in [2.24, 2.45) is 0 Å². The van der Waals surface area contributed by atoms with Gasteiger partial charge in [0.25, 0.3) is 0 Å². The zero-order chi connectivity index (χ0) is 33.1. The zero-order valence-electron chi connectivity index (χ0n) is 28.6. The van der Waals surface area contributed by atoms with Crippen LogP contribution in [0.3, 0.4) is 0 Å². The maximum absolute atomic E-state index is 6.59. The fourth-order valence-corrected chi connectivity index (χ4v) is 6.96. The summed E-state index contributed by atoms with van der Waals surface area (Å²) in [6.07, 6.45) is 1.90. The van der Waals surface area contributed by atoms with Gasteiger partial charge in [0.1, 0.15) is 23.1 Å². The molecule has 0 saturated carbocycles. The van der Waals surface area contributed by atoms with Crippen LogP contribution in [0.1, 0.15) is 86.7 Å². The van der Waals surface area contributed by atoms with E-state index in [1.165, 1.54) is 33.4 Å². The van der Waals surface area contributed by atoms with E-state index in [4.69, 9.17) is 9.72 Å². The number of benzene rings is 4. The smallest absolute Gasteiger partial charge is 0.148 e. The van der Waals surface area contributed by atoms with Gasteiger partial charge in [0.2, 0.25) is 0 Å². The third kappa shape index (κ3) is 5.24. The molecule has 0 bridgehead atoms. The molecule has 0 saturated heterocycles. The first kappa shape index (κ1) is 30.6. The molecule has 0 spiro atoms. The summed E-state index contributed by atoms with van der Waals surface area (Å²) in [7, 11) is 0. The standard InChI is InChI=1S/C42H42N4O/c1-27-44-28(2)46(45-27)32-14-12-16-34(26-32)47-33-15-11-13-31(23-33)42(39-17-9-10-22-43-39)37-20-18-29(40(3,4)5)24-35(37)36-25-30(41(6,7)8)19-21-38(36)42/h9-26H,1-8H3. The van der Waals surface area contributed by atoms with Gasteiger partial charge < -0.3 is 4.74 Å². The number of aromatic nitrogens is 4. The fraction of sp³-hybridized carbons (Fsp3) is 0.262. The Morgan fingerprint density at radius 2 is 1.26 bits per heavy atom. The van der Waals surface area contributed by atoms with Crippen molar-refractivity contribution in [3.05, 3.63) is 154 Å². The summed E-state index contributed by atoms with van der Waals surface area (Å²) in [5, 5.41) is 4.57. The summed E-state index contributed by atoms with van der Waals surface area (Å²) in [5.41, 5.74) is 10.0. The normalized spacial score (nSPS) is 13.7. The minimum absolute atomic E-state index is 0.0127. The Hall–Kier alpha value is -5.03. The van der Waals surface area contributed by atoms with Crippen molar-refractivity contribution in [2.45, 2.75) is 71.6 Å². The van der Waals surface area contributed by atoms with Crippen molar-refractivity contribution >= 4 is 0 Å². The summed E-state index contributed by atoms with van der Waals surface area (Å²) < 4.78 is 8.44. The van der Waals surface area contributed by atoms with Crippen LogP contribution in [0.25, 0.3) is 16.8 Å². The Morgan fingerprint density at radius 1 is 0.638 bits per heavy atom. The number of hydrogen-bond acceptors (Lipinski definition) is 4. The minimum Gasteiger partial charge on any atom is -0.457 e. The summed E-state index contributed by atoms with van der Waals surface area (Å²) in [4.78, 5) is 9.53. The van der Waals surface area contributed by atoms with Gasteiger partial charge in [-0.3, -0.25) is 4.98 Å². The van der Waals surface area contributed by atoms with Gasteiger partial charge in [0, 0.05) is 12.3 Å². The Balaban J connectivity index is 1.43. The highest BCUT2D eigenvalue weighted by Gasteiger charge is 2.48. The summed E-state index contributed by atoms with van der Waals surface area (Å²) >= 11 is 0. The van der Waals surface area contributed by atoms with Gasteiger partial charge in [-0.25, -0.2) is 9.67 Å². The van der Waals surface area contributed by atoms with Crippen molar-refractivity contribution < 1.29 is 4.74 Å². The van der Waals surface area contributed by atoms with Gasteiger partial charge in [0.05, 0.1) is 16.8 Å². The molecule has 2 heterocycles. The predicted molar refractivity (Wildman–Crippen MR) is 190 cm³/mol. The van der Waals surface area contributed by atoms with Crippen molar-refractivity contribution in [2.75, 3.05) is 0 Å². The maximum atomic E-state index is 6.59. The first-order chi connectivity index (χ1) is 22.4. The molecule has 1 aliphatic rings. The average Bonchev–Trinajstić information content (AvgIpc) is 3.54. The summed E-state index contributed by atoms with van der Waals surface area (Å²) in [6, 6.07) is 36.8. The quantitative estimate of drug-likeness (QED) is 0.193. The molecule has 1 aliphatic carbocycles. The molecule has 47 heavy (non-hydrogen) atoms. The van der Waals surface area contributed by atoms with Crippen LogP contribution in [0.5, 0.6) is 11.5 Å². The first-order valence-electron chi connectivity index (χ1n) is 16.4. The van der Waals surface area contributed by atoms with Crippen LogP contribution in [0.4, 0.5) is 0 Å². The van der Waals surface area contributed by atoms with Gasteiger partial charge in [-0.15, -0.1) is 0 Å². The van der Waals surface area contributed by atoms with Crippen molar-refractivity contribution in [3.63, 3.8) is 0 Å². The molecule has 7 rings (SSSR count). The fourth-order valence-electron chi connectivity index (χ4n) is 6.96. The van der Waals surface area contributed by atoms with Gasteiger partial charge in [0.15, 0.2) is 0 Å². The Bertz CT molecular complexity index is 2050. The first-order valence-corrected chi connectivity index (χ1v) is 16.4. The molecule has 0 unspecified atom stereocenters. The van der Waals surface area contributed by atoms with Crippen LogP contribution < -0.4 is 4.74 Å². The third-order valence-corrected chi connectivity index (χ3v) is 9.36.